The Morgan fingerprint density at radius 1 is 1.47 bits per heavy atom. The first-order valence-corrected chi connectivity index (χ1v) is 7.42. The van der Waals surface area contributed by atoms with Crippen LogP contribution in [-0.4, -0.2) is 23.2 Å². The second kappa shape index (κ2) is 6.82. The molecule has 0 saturated heterocycles. The number of carboxylic acid groups (broad SMARTS) is 1. The Hall–Kier alpha value is -1.20. The molecular formula is C14H19NO3S. The molecule has 1 aliphatic carbocycles. The van der Waals surface area contributed by atoms with E-state index in [1.54, 1.807) is 24.5 Å². The maximum atomic E-state index is 10.6. The number of hydrogen-bond acceptors (Lipinski definition) is 4. The third kappa shape index (κ3) is 3.88. The van der Waals surface area contributed by atoms with Gasteiger partial charge in [0.25, 0.3) is 0 Å². The number of rotatable bonds is 5. The van der Waals surface area contributed by atoms with E-state index in [2.05, 4.69) is 4.98 Å². The fourth-order valence-electron chi connectivity index (χ4n) is 2.42. The number of nitrogens with zero attached hydrogens (tertiary/aromatic N) is 1. The standard InChI is InChI=1S/C14H19NO3S/c1-18-9-11-12(7-8-13(16)17)19-14(15-11)10-5-3-2-4-6-10/h7-8,10H,2-6,9H2,1H3,(H,16,17)/b8-7+. The van der Waals surface area contributed by atoms with Crippen molar-refractivity contribution in [2.75, 3.05) is 7.11 Å². The molecule has 1 fully saturated rings. The van der Waals surface area contributed by atoms with Gasteiger partial charge in [-0.1, -0.05) is 19.3 Å². The van der Waals surface area contributed by atoms with Gasteiger partial charge in [0.2, 0.25) is 0 Å². The van der Waals surface area contributed by atoms with Crippen LogP contribution >= 0.6 is 11.3 Å². The first kappa shape index (κ1) is 14.2. The molecule has 2 rings (SSSR count). The average Bonchev–Trinajstić information content (AvgIpc) is 2.81. The van der Waals surface area contributed by atoms with Crippen LogP contribution in [0.5, 0.6) is 0 Å². The Morgan fingerprint density at radius 2 is 2.21 bits per heavy atom. The Kier molecular flexibility index (Phi) is 5.10. The highest BCUT2D eigenvalue weighted by Crippen LogP contribution is 2.36. The largest absolute Gasteiger partial charge is 0.478 e. The number of aromatic nitrogens is 1. The minimum absolute atomic E-state index is 0.433. The van der Waals surface area contributed by atoms with Crippen LogP contribution in [0.4, 0.5) is 0 Å². The van der Waals surface area contributed by atoms with Crippen molar-refractivity contribution in [1.82, 2.24) is 4.98 Å². The summed E-state index contributed by atoms with van der Waals surface area (Å²) in [6.45, 7) is 0.433. The van der Waals surface area contributed by atoms with Crippen molar-refractivity contribution in [2.45, 2.75) is 44.6 Å². The lowest BCUT2D eigenvalue weighted by Crippen LogP contribution is -2.04. The predicted molar refractivity (Wildman–Crippen MR) is 75.3 cm³/mol. The van der Waals surface area contributed by atoms with Crippen LogP contribution in [0.15, 0.2) is 6.08 Å². The summed E-state index contributed by atoms with van der Waals surface area (Å²) in [6, 6.07) is 0. The summed E-state index contributed by atoms with van der Waals surface area (Å²) in [5, 5.41) is 9.85. The minimum atomic E-state index is -0.934. The molecule has 1 aromatic rings. The van der Waals surface area contributed by atoms with E-state index >= 15 is 0 Å². The number of hydrogen-bond donors (Lipinski definition) is 1. The van der Waals surface area contributed by atoms with Crippen LogP contribution in [0.2, 0.25) is 0 Å². The van der Waals surface area contributed by atoms with Gasteiger partial charge in [0.05, 0.1) is 22.2 Å². The van der Waals surface area contributed by atoms with Gasteiger partial charge >= 0.3 is 5.97 Å². The minimum Gasteiger partial charge on any atom is -0.478 e. The zero-order valence-corrected chi connectivity index (χ0v) is 11.9. The van der Waals surface area contributed by atoms with Crippen LogP contribution in [-0.2, 0) is 16.1 Å². The van der Waals surface area contributed by atoms with Crippen molar-refractivity contribution in [3.63, 3.8) is 0 Å². The van der Waals surface area contributed by atoms with Crippen LogP contribution in [0.1, 0.15) is 53.6 Å². The van der Waals surface area contributed by atoms with Crippen molar-refractivity contribution in [1.29, 1.82) is 0 Å². The Balaban J connectivity index is 2.20. The van der Waals surface area contributed by atoms with Crippen molar-refractivity contribution < 1.29 is 14.6 Å². The summed E-state index contributed by atoms with van der Waals surface area (Å²) in [4.78, 5) is 16.2. The molecule has 0 unspecified atom stereocenters. The molecule has 0 radical (unpaired) electrons. The van der Waals surface area contributed by atoms with Crippen molar-refractivity contribution in [2.24, 2.45) is 0 Å². The van der Waals surface area contributed by atoms with Gasteiger partial charge in [-0.2, -0.15) is 0 Å². The number of methoxy groups -OCH3 is 1. The van der Waals surface area contributed by atoms with Crippen molar-refractivity contribution in [3.8, 4) is 0 Å². The second-order valence-electron chi connectivity index (χ2n) is 4.80. The summed E-state index contributed by atoms with van der Waals surface area (Å²) in [5.41, 5.74) is 0.852. The third-order valence-corrected chi connectivity index (χ3v) is 4.58. The lowest BCUT2D eigenvalue weighted by molar-refractivity contribution is -0.131. The quantitative estimate of drug-likeness (QED) is 0.840. The van der Waals surface area contributed by atoms with Gasteiger partial charge in [0.15, 0.2) is 0 Å². The monoisotopic (exact) mass is 281 g/mol. The fourth-order valence-corrected chi connectivity index (χ4v) is 3.57. The number of ether oxygens (including phenoxy) is 1. The van der Waals surface area contributed by atoms with E-state index in [4.69, 9.17) is 9.84 Å². The summed E-state index contributed by atoms with van der Waals surface area (Å²) >= 11 is 1.61. The molecule has 104 valence electrons. The summed E-state index contributed by atoms with van der Waals surface area (Å²) in [6.07, 6.45) is 9.04. The molecule has 1 aliphatic rings. The highest BCUT2D eigenvalue weighted by molar-refractivity contribution is 7.12. The van der Waals surface area contributed by atoms with Gasteiger partial charge in [-0.15, -0.1) is 11.3 Å². The van der Waals surface area contributed by atoms with E-state index in [9.17, 15) is 4.79 Å². The molecule has 1 aromatic heterocycles. The van der Waals surface area contributed by atoms with E-state index < -0.39 is 5.97 Å². The third-order valence-electron chi connectivity index (χ3n) is 3.36. The lowest BCUT2D eigenvalue weighted by Gasteiger charge is -2.18. The zero-order chi connectivity index (χ0) is 13.7. The first-order chi connectivity index (χ1) is 9.20. The summed E-state index contributed by atoms with van der Waals surface area (Å²) in [5.74, 6) is -0.391. The van der Waals surface area contributed by atoms with Gasteiger partial charge in [-0.25, -0.2) is 9.78 Å². The van der Waals surface area contributed by atoms with E-state index in [1.165, 1.54) is 32.1 Å². The van der Waals surface area contributed by atoms with Crippen molar-refractivity contribution >= 4 is 23.4 Å². The first-order valence-electron chi connectivity index (χ1n) is 6.60. The van der Waals surface area contributed by atoms with Gasteiger partial charge in [-0.05, 0) is 18.9 Å². The second-order valence-corrected chi connectivity index (χ2v) is 5.86. The number of carbonyl (C=O) groups is 1. The maximum absolute atomic E-state index is 10.6. The van der Waals surface area contributed by atoms with E-state index in [-0.39, 0.29) is 0 Å². The zero-order valence-electron chi connectivity index (χ0n) is 11.1. The molecule has 0 aliphatic heterocycles. The van der Waals surface area contributed by atoms with E-state index in [1.807, 2.05) is 0 Å². The SMILES string of the molecule is COCc1nc(C2CCCCC2)sc1/C=C/C(=O)O. The van der Waals surface area contributed by atoms with Crippen LogP contribution < -0.4 is 0 Å². The molecule has 1 heterocycles. The lowest BCUT2D eigenvalue weighted by atomic mass is 9.90. The van der Waals surface area contributed by atoms with Gasteiger partial charge in [-0.3, -0.25) is 0 Å². The van der Waals surface area contributed by atoms with E-state index in [0.717, 1.165) is 21.7 Å². The normalized spacial score (nSPS) is 17.1. The Morgan fingerprint density at radius 3 is 2.84 bits per heavy atom. The van der Waals surface area contributed by atoms with Crippen LogP contribution in [0.25, 0.3) is 6.08 Å². The Bertz CT molecular complexity index is 461. The Labute approximate surface area is 117 Å². The van der Waals surface area contributed by atoms with E-state index in [0.29, 0.717) is 12.5 Å². The fraction of sp³-hybridized carbons (Fsp3) is 0.571. The highest BCUT2D eigenvalue weighted by Gasteiger charge is 2.20. The number of aliphatic carboxylic acids is 1. The molecule has 5 heteroatoms. The topological polar surface area (TPSA) is 59.4 Å². The summed E-state index contributed by atoms with van der Waals surface area (Å²) < 4.78 is 5.14. The smallest absolute Gasteiger partial charge is 0.328 e. The van der Waals surface area contributed by atoms with Gasteiger partial charge in [0.1, 0.15) is 0 Å². The van der Waals surface area contributed by atoms with Gasteiger partial charge < -0.3 is 9.84 Å². The molecule has 4 nitrogen and oxygen atoms in total. The molecule has 0 aromatic carbocycles. The molecular weight excluding hydrogens is 262 g/mol. The molecule has 0 bridgehead atoms. The van der Waals surface area contributed by atoms with Gasteiger partial charge in [0, 0.05) is 19.1 Å². The molecule has 1 saturated carbocycles. The van der Waals surface area contributed by atoms with Crippen molar-refractivity contribution in [3.05, 3.63) is 21.7 Å². The molecule has 1 N–H and O–H groups in total. The number of thiazole rings is 1. The molecule has 0 atom stereocenters. The summed E-state index contributed by atoms with van der Waals surface area (Å²) in [7, 11) is 1.63. The van der Waals surface area contributed by atoms with Crippen LogP contribution in [0, 0.1) is 0 Å². The molecule has 0 amide bonds. The molecule has 19 heavy (non-hydrogen) atoms. The molecule has 0 spiro atoms. The predicted octanol–water partition coefficient (Wildman–Crippen LogP) is 3.44. The maximum Gasteiger partial charge on any atom is 0.328 e. The number of carboxylic acids is 1. The van der Waals surface area contributed by atoms with Crippen LogP contribution in [0.3, 0.4) is 0 Å². The average molecular weight is 281 g/mol. The highest BCUT2D eigenvalue weighted by atomic mass is 32.1.